The molecule has 0 N–H and O–H groups in total. The predicted octanol–water partition coefficient (Wildman–Crippen LogP) is 36.4. The molecule has 0 atom stereocenters. The molecule has 22 aromatic carbocycles. The SMILES string of the molecule is c1ccc(-n2c3ccccc3c3c4c5c6oc7ccccc7c6ccc5n5c6c(-c7ccc(-n8c9ccccc9c9c%10c%11c%12c(ccc%11n%11c%13ccc%14c%15ccccc%15n(-c%15ccccc%15)c%14c%13c(cc98)c%10%11)c8ccc(-c9ccc%10c(c9)oc9c%10ccc%10c9c9cc%11oc%13ccccc%13c%11c%11c%13c%14oc%15ccccc%15c%14ccc%13n%10c9%11)cc8n%12-c8ccccc8)cc7)cc7c8ccccc8oc7c6c(cc32)c45)cc1. The van der Waals surface area contributed by atoms with E-state index < -0.39 is 0 Å². The van der Waals surface area contributed by atoms with E-state index in [4.69, 9.17) is 22.1 Å². The highest BCUT2D eigenvalue weighted by molar-refractivity contribution is 6.46. The van der Waals surface area contributed by atoms with Gasteiger partial charge in [0.05, 0.1) is 115 Å². The molecule has 37 aromatic rings. The molecule has 15 aromatic heterocycles. The average molecular weight is 1830 g/mol. The molecular formula is C132H67N7O5. The van der Waals surface area contributed by atoms with Crippen molar-refractivity contribution in [2.24, 2.45) is 0 Å². The van der Waals surface area contributed by atoms with E-state index in [1.54, 1.807) is 0 Å². The molecule has 0 saturated carbocycles. The Kier molecular flexibility index (Phi) is 13.1. The van der Waals surface area contributed by atoms with Gasteiger partial charge in [0, 0.05) is 168 Å². The summed E-state index contributed by atoms with van der Waals surface area (Å²) in [6.07, 6.45) is 0. The van der Waals surface area contributed by atoms with Crippen molar-refractivity contribution in [1.29, 1.82) is 0 Å². The maximum absolute atomic E-state index is 7.46. The van der Waals surface area contributed by atoms with Gasteiger partial charge in [-0.05, 0) is 199 Å². The number of hydrogen-bond acceptors (Lipinski definition) is 5. The first-order valence-corrected chi connectivity index (χ1v) is 49.4. The first kappa shape index (κ1) is 73.7. The van der Waals surface area contributed by atoms with Crippen LogP contribution < -0.4 is 0 Å². The van der Waals surface area contributed by atoms with Gasteiger partial charge in [-0.15, -0.1) is 0 Å². The Morgan fingerprint density at radius 3 is 1.08 bits per heavy atom. The van der Waals surface area contributed by atoms with E-state index >= 15 is 0 Å². The van der Waals surface area contributed by atoms with Crippen LogP contribution in [0.25, 0.3) is 356 Å². The Bertz CT molecular complexity index is 12500. The summed E-state index contributed by atoms with van der Waals surface area (Å²) in [5.41, 5.74) is 36.2. The summed E-state index contributed by atoms with van der Waals surface area (Å²) in [7, 11) is 0. The minimum atomic E-state index is 0.816. The fourth-order valence-corrected chi connectivity index (χ4v) is 27.4. The van der Waals surface area contributed by atoms with Crippen LogP contribution in [0.2, 0.25) is 0 Å². The van der Waals surface area contributed by atoms with Gasteiger partial charge in [0.1, 0.15) is 55.8 Å². The second-order valence-corrected chi connectivity index (χ2v) is 39.7. The molecule has 660 valence electrons. The largest absolute Gasteiger partial charge is 0.456 e. The van der Waals surface area contributed by atoms with Crippen molar-refractivity contribution in [1.82, 2.24) is 31.5 Å². The third-order valence-electron chi connectivity index (χ3n) is 33.0. The van der Waals surface area contributed by atoms with Crippen molar-refractivity contribution >= 4 is 311 Å². The summed E-state index contributed by atoms with van der Waals surface area (Å²) in [6.45, 7) is 0. The highest BCUT2D eigenvalue weighted by atomic mass is 16.3. The quantitative estimate of drug-likeness (QED) is 0.165. The van der Waals surface area contributed by atoms with Crippen LogP contribution in [0, 0.1) is 0 Å². The van der Waals surface area contributed by atoms with Gasteiger partial charge in [-0.1, -0.05) is 224 Å². The lowest BCUT2D eigenvalue weighted by Crippen LogP contribution is -1.95. The molecule has 0 aliphatic carbocycles. The molecule has 0 aliphatic rings. The topological polar surface area (TPSA) is 98.6 Å². The van der Waals surface area contributed by atoms with Crippen LogP contribution in [0.15, 0.2) is 429 Å². The molecule has 0 spiro atoms. The van der Waals surface area contributed by atoms with Crippen LogP contribution in [-0.4, -0.2) is 31.5 Å². The van der Waals surface area contributed by atoms with Gasteiger partial charge in [0.25, 0.3) is 0 Å². The van der Waals surface area contributed by atoms with Crippen molar-refractivity contribution in [3.8, 4) is 45.0 Å². The molecule has 0 radical (unpaired) electrons. The molecule has 0 fully saturated rings. The minimum absolute atomic E-state index is 0.816. The molecule has 0 bridgehead atoms. The maximum atomic E-state index is 7.46. The number of benzene rings is 22. The van der Waals surface area contributed by atoms with Gasteiger partial charge in [0.2, 0.25) is 0 Å². The lowest BCUT2D eigenvalue weighted by molar-refractivity contribution is 0.669. The van der Waals surface area contributed by atoms with Gasteiger partial charge in [-0.3, -0.25) is 0 Å². The van der Waals surface area contributed by atoms with Gasteiger partial charge in [-0.25, -0.2) is 0 Å². The molecule has 15 heterocycles. The molecule has 12 nitrogen and oxygen atoms in total. The molecular weight excluding hydrogens is 1760 g/mol. The number of hydrogen-bond donors (Lipinski definition) is 0. The summed E-state index contributed by atoms with van der Waals surface area (Å²) in [4.78, 5) is 0. The van der Waals surface area contributed by atoms with E-state index in [2.05, 4.69) is 438 Å². The Morgan fingerprint density at radius 2 is 0.493 bits per heavy atom. The van der Waals surface area contributed by atoms with Gasteiger partial charge >= 0.3 is 0 Å². The van der Waals surface area contributed by atoms with Crippen LogP contribution >= 0.6 is 0 Å². The average Bonchev–Trinajstić information content (AvgIpc) is 1.50. The van der Waals surface area contributed by atoms with Crippen molar-refractivity contribution in [3.05, 3.63) is 406 Å². The van der Waals surface area contributed by atoms with Gasteiger partial charge in [0.15, 0.2) is 0 Å². The molecule has 0 unspecified atom stereocenters. The summed E-state index contributed by atoms with van der Waals surface area (Å²) in [5, 5.41) is 33.7. The first-order valence-electron chi connectivity index (χ1n) is 49.4. The minimum Gasteiger partial charge on any atom is -0.456 e. The smallest absolute Gasteiger partial charge is 0.145 e. The normalized spacial score (nSPS) is 13.0. The van der Waals surface area contributed by atoms with Crippen LogP contribution in [0.3, 0.4) is 0 Å². The number of furan rings is 5. The Morgan fingerprint density at radius 1 is 0.132 bits per heavy atom. The molecule has 0 amide bonds. The van der Waals surface area contributed by atoms with Crippen molar-refractivity contribution < 1.29 is 22.1 Å². The maximum Gasteiger partial charge on any atom is 0.145 e. The lowest BCUT2D eigenvalue weighted by atomic mass is 9.96. The van der Waals surface area contributed by atoms with Crippen LogP contribution in [0.5, 0.6) is 0 Å². The molecule has 144 heavy (non-hydrogen) atoms. The zero-order valence-electron chi connectivity index (χ0n) is 76.4. The molecule has 37 rings (SSSR count). The molecule has 0 aliphatic heterocycles. The van der Waals surface area contributed by atoms with E-state index in [1.807, 2.05) is 0 Å². The Hall–Kier alpha value is -19.6. The third kappa shape index (κ3) is 8.74. The standard InChI is InChI=1S/C132H67N7O5/c1-4-24-71(25-5-1)133-95-38-18-12-35-87(95)112-104(133)66-92-116-125(139-101-61-56-84-78-32-14-21-41-106(78)142-131(84)119(101)121(112)128(92)139)89(64-90-79-33-15-22-42-107(79)143-132(90)116)68-44-48-74(49-45-68)134-96-39-19-11-34-86(96)111-103(134)65-91-113-97(57-52-81-75-30-10-17-37-94(75)135(123(81)113)72-26-6-2-7-27-72)137-99-58-53-82-76-50-46-69(62-102(76)136(73-28-8-3-9-29-73)124(82)117(99)120(111)126(91)137)70-47-51-80-85-54-59-98-114(129(85)144-109(80)63-70)93-67-110-115(88-36-16-23-43-108(88)140-110)122-118-100(138(98)127(93)122)60-55-83-77-31-13-20-40-105(77)141-130(83)118/h1-67H. The zero-order chi connectivity index (χ0) is 92.5. The number of fused-ring (bicyclic) bond motifs is 54. The fourth-order valence-electron chi connectivity index (χ4n) is 27.4. The monoisotopic (exact) mass is 1830 g/mol. The van der Waals surface area contributed by atoms with E-state index in [-0.39, 0.29) is 0 Å². The number of para-hydroxylation sites is 10. The number of aromatic nitrogens is 7. The summed E-state index contributed by atoms with van der Waals surface area (Å²) < 4.78 is 53.6. The number of nitrogens with zero attached hydrogens (tertiary/aromatic N) is 7. The highest BCUT2D eigenvalue weighted by Gasteiger charge is 2.36. The van der Waals surface area contributed by atoms with Crippen molar-refractivity contribution in [2.45, 2.75) is 0 Å². The van der Waals surface area contributed by atoms with Crippen LogP contribution in [-0.2, 0) is 0 Å². The highest BCUT2D eigenvalue weighted by Crippen LogP contribution is 2.59. The van der Waals surface area contributed by atoms with Crippen molar-refractivity contribution in [2.75, 3.05) is 0 Å². The van der Waals surface area contributed by atoms with E-state index in [9.17, 15) is 0 Å². The van der Waals surface area contributed by atoms with Gasteiger partial charge in [-0.2, -0.15) is 0 Å². The third-order valence-corrected chi connectivity index (χ3v) is 33.0. The van der Waals surface area contributed by atoms with Crippen LogP contribution in [0.4, 0.5) is 0 Å². The fraction of sp³-hybridized carbons (Fsp3) is 0. The second kappa shape index (κ2) is 25.7. The summed E-state index contributed by atoms with van der Waals surface area (Å²) >= 11 is 0. The second-order valence-electron chi connectivity index (χ2n) is 39.7. The molecule has 12 heteroatoms. The van der Waals surface area contributed by atoms with Gasteiger partial charge < -0.3 is 53.6 Å². The zero-order valence-corrected chi connectivity index (χ0v) is 76.4. The first-order chi connectivity index (χ1) is 71.5. The summed E-state index contributed by atoms with van der Waals surface area (Å²) in [6, 6.07) is 150. The number of rotatable bonds is 6. The van der Waals surface area contributed by atoms with Crippen LogP contribution in [0.1, 0.15) is 0 Å². The predicted molar refractivity (Wildman–Crippen MR) is 595 cm³/mol. The Balaban J connectivity index is 0.591. The van der Waals surface area contributed by atoms with E-state index in [1.165, 1.54) is 64.9 Å². The van der Waals surface area contributed by atoms with E-state index in [0.717, 1.165) is 291 Å². The van der Waals surface area contributed by atoms with E-state index in [0.29, 0.717) is 0 Å². The molecule has 0 saturated heterocycles. The Labute approximate surface area is 810 Å². The summed E-state index contributed by atoms with van der Waals surface area (Å²) in [5.74, 6) is 0. The van der Waals surface area contributed by atoms with Crippen molar-refractivity contribution in [3.63, 3.8) is 0 Å². The lowest BCUT2D eigenvalue weighted by Gasteiger charge is -2.12.